The molecule has 96 valence electrons. The van der Waals surface area contributed by atoms with Crippen LogP contribution in [0, 0.1) is 0 Å². The summed E-state index contributed by atoms with van der Waals surface area (Å²) in [7, 11) is 5.55. The molecule has 0 aromatic carbocycles. The zero-order valence-corrected chi connectivity index (χ0v) is 12.3. The Morgan fingerprint density at radius 1 is 1.38 bits per heavy atom. The van der Waals surface area contributed by atoms with Gasteiger partial charge in [0.05, 0.1) is 7.11 Å². The minimum absolute atomic E-state index is 0.203. The predicted octanol–water partition coefficient (Wildman–Crippen LogP) is 1.20. The molecule has 5 heteroatoms. The fourth-order valence-electron chi connectivity index (χ4n) is 1.42. The molecule has 0 radical (unpaired) electrons. The molecule has 1 unspecified atom stereocenters. The average molecular weight is 295 g/mol. The van der Waals surface area contributed by atoms with E-state index in [-0.39, 0.29) is 10.8 Å². The molecule has 0 rings (SSSR count). The van der Waals surface area contributed by atoms with Crippen molar-refractivity contribution in [3.63, 3.8) is 0 Å². The molecule has 0 aliphatic heterocycles. The average Bonchev–Trinajstić information content (AvgIpc) is 2.25. The number of ether oxygens (including phenoxy) is 1. The van der Waals surface area contributed by atoms with Crippen molar-refractivity contribution in [1.82, 2.24) is 9.80 Å². The van der Waals surface area contributed by atoms with Crippen molar-refractivity contribution in [3.8, 4) is 0 Å². The van der Waals surface area contributed by atoms with Crippen LogP contribution in [0.3, 0.4) is 0 Å². The normalized spacial score (nSPS) is 13.2. The summed E-state index contributed by atoms with van der Waals surface area (Å²) in [6.07, 6.45) is 1.11. The standard InChI is InChI=1S/C11H23BrN2O2/c1-5-14(8-6-7-13(2)3)9-10(12)11(15)16-4/h10H,5-9H2,1-4H3. The molecule has 4 nitrogen and oxygen atoms in total. The molecule has 0 bridgehead atoms. The molecule has 0 fully saturated rings. The van der Waals surface area contributed by atoms with Gasteiger partial charge in [0, 0.05) is 6.54 Å². The Hall–Kier alpha value is -0.130. The van der Waals surface area contributed by atoms with E-state index in [9.17, 15) is 4.79 Å². The van der Waals surface area contributed by atoms with Gasteiger partial charge in [-0.3, -0.25) is 4.79 Å². The molecule has 0 aliphatic carbocycles. The Morgan fingerprint density at radius 3 is 2.44 bits per heavy atom. The third-order valence-electron chi connectivity index (χ3n) is 2.40. The molecule has 0 N–H and O–H groups in total. The summed E-state index contributed by atoms with van der Waals surface area (Å²) in [5.41, 5.74) is 0. The minimum atomic E-state index is -0.225. The van der Waals surface area contributed by atoms with Crippen LogP contribution in [0.1, 0.15) is 13.3 Å². The second kappa shape index (κ2) is 8.96. The van der Waals surface area contributed by atoms with E-state index in [0.29, 0.717) is 6.54 Å². The van der Waals surface area contributed by atoms with Gasteiger partial charge < -0.3 is 14.5 Å². The second-order valence-electron chi connectivity index (χ2n) is 4.04. The van der Waals surface area contributed by atoms with E-state index < -0.39 is 0 Å². The lowest BCUT2D eigenvalue weighted by molar-refractivity contribution is -0.140. The second-order valence-corrected chi connectivity index (χ2v) is 5.15. The summed E-state index contributed by atoms with van der Waals surface area (Å²) < 4.78 is 4.68. The molecule has 1 atom stereocenters. The van der Waals surface area contributed by atoms with Gasteiger partial charge in [0.25, 0.3) is 0 Å². The quantitative estimate of drug-likeness (QED) is 0.497. The first-order valence-electron chi connectivity index (χ1n) is 5.60. The number of methoxy groups -OCH3 is 1. The van der Waals surface area contributed by atoms with Crippen molar-refractivity contribution in [2.45, 2.75) is 18.2 Å². The molecule has 0 amide bonds. The predicted molar refractivity (Wildman–Crippen MR) is 70.0 cm³/mol. The van der Waals surface area contributed by atoms with Crippen LogP contribution in [-0.2, 0) is 9.53 Å². The van der Waals surface area contributed by atoms with Crippen LogP contribution < -0.4 is 0 Å². The molecule has 0 spiro atoms. The summed E-state index contributed by atoms with van der Waals surface area (Å²) in [6, 6.07) is 0. The summed E-state index contributed by atoms with van der Waals surface area (Å²) in [5.74, 6) is -0.203. The van der Waals surface area contributed by atoms with Crippen molar-refractivity contribution < 1.29 is 9.53 Å². The summed E-state index contributed by atoms with van der Waals surface area (Å²) >= 11 is 3.34. The van der Waals surface area contributed by atoms with E-state index in [1.807, 2.05) is 0 Å². The number of esters is 1. The van der Waals surface area contributed by atoms with Crippen molar-refractivity contribution in [2.75, 3.05) is 47.4 Å². The highest BCUT2D eigenvalue weighted by Gasteiger charge is 2.18. The number of hydrogen-bond donors (Lipinski definition) is 0. The SMILES string of the molecule is CCN(CCCN(C)C)CC(Br)C(=O)OC. The number of nitrogens with zero attached hydrogens (tertiary/aromatic N) is 2. The van der Waals surface area contributed by atoms with Gasteiger partial charge in [-0.05, 0) is 40.2 Å². The summed E-state index contributed by atoms with van der Waals surface area (Å²) in [6.45, 7) is 5.84. The van der Waals surface area contributed by atoms with Crippen molar-refractivity contribution in [2.24, 2.45) is 0 Å². The molecule has 0 aliphatic rings. The molecule has 0 heterocycles. The first-order valence-corrected chi connectivity index (χ1v) is 6.51. The van der Waals surface area contributed by atoms with Gasteiger partial charge in [-0.2, -0.15) is 0 Å². The molecular weight excluding hydrogens is 272 g/mol. The van der Waals surface area contributed by atoms with Crippen molar-refractivity contribution in [3.05, 3.63) is 0 Å². The van der Waals surface area contributed by atoms with Crippen LogP contribution in [0.15, 0.2) is 0 Å². The third-order valence-corrected chi connectivity index (χ3v) is 3.07. The van der Waals surface area contributed by atoms with E-state index in [1.54, 1.807) is 0 Å². The first-order chi connectivity index (χ1) is 7.51. The fraction of sp³-hybridized carbons (Fsp3) is 0.909. The first kappa shape index (κ1) is 15.9. The zero-order chi connectivity index (χ0) is 12.6. The maximum atomic E-state index is 11.2. The van der Waals surface area contributed by atoms with Gasteiger partial charge in [0.1, 0.15) is 4.83 Å². The van der Waals surface area contributed by atoms with E-state index in [0.717, 1.165) is 26.1 Å². The van der Waals surface area contributed by atoms with Crippen molar-refractivity contribution >= 4 is 21.9 Å². The van der Waals surface area contributed by atoms with Gasteiger partial charge in [0.15, 0.2) is 0 Å². The monoisotopic (exact) mass is 294 g/mol. The lowest BCUT2D eigenvalue weighted by Crippen LogP contribution is -2.35. The van der Waals surface area contributed by atoms with Gasteiger partial charge in [-0.1, -0.05) is 22.9 Å². The maximum absolute atomic E-state index is 11.2. The maximum Gasteiger partial charge on any atom is 0.320 e. The lowest BCUT2D eigenvalue weighted by atomic mass is 10.3. The smallest absolute Gasteiger partial charge is 0.320 e. The van der Waals surface area contributed by atoms with Gasteiger partial charge in [-0.25, -0.2) is 0 Å². The van der Waals surface area contributed by atoms with Crippen LogP contribution >= 0.6 is 15.9 Å². The van der Waals surface area contributed by atoms with Gasteiger partial charge in [0.2, 0.25) is 0 Å². The number of alkyl halides is 1. The fourth-order valence-corrected chi connectivity index (χ4v) is 2.01. The highest BCUT2D eigenvalue weighted by Crippen LogP contribution is 2.05. The van der Waals surface area contributed by atoms with Gasteiger partial charge >= 0.3 is 5.97 Å². The summed E-state index contributed by atoms with van der Waals surface area (Å²) in [4.78, 5) is 15.4. The highest BCUT2D eigenvalue weighted by atomic mass is 79.9. The Labute approximate surface area is 107 Å². The minimum Gasteiger partial charge on any atom is -0.468 e. The Balaban J connectivity index is 3.86. The number of carbonyl (C=O) groups is 1. The largest absolute Gasteiger partial charge is 0.468 e. The van der Waals surface area contributed by atoms with Crippen molar-refractivity contribution in [1.29, 1.82) is 0 Å². The Morgan fingerprint density at radius 2 is 2.00 bits per heavy atom. The molecular formula is C11H23BrN2O2. The molecule has 0 aromatic heterocycles. The highest BCUT2D eigenvalue weighted by molar-refractivity contribution is 9.10. The molecule has 0 saturated carbocycles. The molecule has 0 aromatic rings. The van der Waals surface area contributed by atoms with E-state index >= 15 is 0 Å². The lowest BCUT2D eigenvalue weighted by Gasteiger charge is -2.23. The Kier molecular flexibility index (Phi) is 8.89. The summed E-state index contributed by atoms with van der Waals surface area (Å²) in [5, 5.41) is 0. The molecule has 16 heavy (non-hydrogen) atoms. The van der Waals surface area contributed by atoms with E-state index in [2.05, 4.69) is 51.5 Å². The third kappa shape index (κ3) is 7.19. The topological polar surface area (TPSA) is 32.8 Å². The van der Waals surface area contributed by atoms with Crippen LogP contribution in [-0.4, -0.2) is 68.0 Å². The van der Waals surface area contributed by atoms with Crippen LogP contribution in [0.5, 0.6) is 0 Å². The van der Waals surface area contributed by atoms with Crippen LogP contribution in [0.25, 0.3) is 0 Å². The number of halogens is 1. The van der Waals surface area contributed by atoms with Gasteiger partial charge in [-0.15, -0.1) is 0 Å². The molecule has 0 saturated heterocycles. The number of carbonyl (C=O) groups excluding carboxylic acids is 1. The van der Waals surface area contributed by atoms with Crippen LogP contribution in [0.4, 0.5) is 0 Å². The zero-order valence-electron chi connectivity index (χ0n) is 10.7. The Bertz CT molecular complexity index is 200. The number of hydrogen-bond acceptors (Lipinski definition) is 4. The van der Waals surface area contributed by atoms with Crippen LogP contribution in [0.2, 0.25) is 0 Å². The number of rotatable bonds is 8. The van der Waals surface area contributed by atoms with E-state index in [1.165, 1.54) is 7.11 Å². The van der Waals surface area contributed by atoms with E-state index in [4.69, 9.17) is 0 Å².